The van der Waals surface area contributed by atoms with Gasteiger partial charge in [-0.15, -0.1) is 0 Å². The molecule has 0 spiro atoms. The maximum absolute atomic E-state index is 12.9. The van der Waals surface area contributed by atoms with Crippen molar-refractivity contribution in [1.82, 2.24) is 5.32 Å². The summed E-state index contributed by atoms with van der Waals surface area (Å²) in [4.78, 5) is 17.4. The number of nitrogens with zero attached hydrogens (tertiary/aromatic N) is 2. The molecule has 3 aliphatic rings. The zero-order chi connectivity index (χ0) is 20.8. The lowest BCUT2D eigenvalue weighted by Crippen LogP contribution is -2.57. The number of fused-ring (bicyclic) bond motifs is 1. The molecule has 2 aromatic rings. The summed E-state index contributed by atoms with van der Waals surface area (Å²) in [6.45, 7) is 7.50. The van der Waals surface area contributed by atoms with E-state index in [9.17, 15) is 4.79 Å². The second-order valence-corrected chi connectivity index (χ2v) is 8.11. The number of hydrogen-bond donors (Lipinski definition) is 2. The monoisotopic (exact) mass is 404 g/mol. The minimum atomic E-state index is -0.214. The molecule has 3 heterocycles. The highest BCUT2D eigenvalue weighted by Crippen LogP contribution is 2.41. The molecule has 0 aromatic heterocycles. The summed E-state index contributed by atoms with van der Waals surface area (Å²) >= 11 is 0. The molecular formula is C24H28N4O2. The number of ether oxygens (including phenoxy) is 1. The molecular weight excluding hydrogens is 376 g/mol. The Hall–Kier alpha value is -2.99. The fourth-order valence-electron chi connectivity index (χ4n) is 4.85. The SMILES string of the molecule is CCN(CC)c1ccc2c(c1)OCC([C@@H]1NC(=O)c3cccc4c3N1CC[C@@H]4N)=C2. The van der Waals surface area contributed by atoms with Crippen molar-refractivity contribution in [2.75, 3.05) is 36.0 Å². The van der Waals surface area contributed by atoms with Gasteiger partial charge >= 0.3 is 0 Å². The molecule has 2 aromatic carbocycles. The highest BCUT2D eigenvalue weighted by molar-refractivity contribution is 6.03. The molecule has 2 atom stereocenters. The molecule has 0 radical (unpaired) electrons. The summed E-state index contributed by atoms with van der Waals surface area (Å²) in [5.74, 6) is 0.845. The predicted molar refractivity (Wildman–Crippen MR) is 120 cm³/mol. The van der Waals surface area contributed by atoms with E-state index in [1.54, 1.807) is 0 Å². The van der Waals surface area contributed by atoms with Crippen molar-refractivity contribution in [3.05, 3.63) is 58.7 Å². The number of anilines is 2. The van der Waals surface area contributed by atoms with Gasteiger partial charge in [-0.25, -0.2) is 0 Å². The molecule has 0 aliphatic carbocycles. The Morgan fingerprint density at radius 3 is 2.87 bits per heavy atom. The fraction of sp³-hybridized carbons (Fsp3) is 0.375. The van der Waals surface area contributed by atoms with Gasteiger partial charge in [-0.05, 0) is 50.1 Å². The lowest BCUT2D eigenvalue weighted by Gasteiger charge is -2.45. The zero-order valence-electron chi connectivity index (χ0n) is 17.5. The van der Waals surface area contributed by atoms with Crippen molar-refractivity contribution in [3.8, 4) is 5.75 Å². The zero-order valence-corrected chi connectivity index (χ0v) is 17.5. The number of nitrogens with one attached hydrogen (secondary N) is 1. The van der Waals surface area contributed by atoms with Crippen molar-refractivity contribution < 1.29 is 9.53 Å². The molecule has 0 unspecified atom stereocenters. The summed E-state index contributed by atoms with van der Waals surface area (Å²) < 4.78 is 6.16. The van der Waals surface area contributed by atoms with Crippen molar-refractivity contribution in [2.24, 2.45) is 5.73 Å². The standard InChI is InChI=1S/C24H28N4O2/c1-3-27(4-2)17-9-8-15-12-16(14-30-21(15)13-17)23-26-24(29)19-7-5-6-18-20(25)10-11-28(23)22(18)19/h5-9,12-13,20,23H,3-4,10-11,14,25H2,1-2H3,(H,26,29)/t20-,23+/m0/s1. The van der Waals surface area contributed by atoms with E-state index in [-0.39, 0.29) is 18.1 Å². The van der Waals surface area contributed by atoms with Gasteiger partial charge < -0.3 is 25.6 Å². The first-order chi connectivity index (χ1) is 14.6. The molecule has 30 heavy (non-hydrogen) atoms. The van der Waals surface area contributed by atoms with Crippen LogP contribution < -0.4 is 25.6 Å². The summed E-state index contributed by atoms with van der Waals surface area (Å²) in [6.07, 6.45) is 2.81. The van der Waals surface area contributed by atoms with Crippen LogP contribution in [0.5, 0.6) is 5.75 Å². The Morgan fingerprint density at radius 1 is 1.23 bits per heavy atom. The quantitative estimate of drug-likeness (QED) is 0.818. The molecule has 0 fully saturated rings. The number of carbonyl (C=O) groups is 1. The topological polar surface area (TPSA) is 70.8 Å². The molecule has 5 rings (SSSR count). The number of nitrogens with two attached hydrogens (primary N) is 1. The third-order valence-corrected chi connectivity index (χ3v) is 6.47. The van der Waals surface area contributed by atoms with Crippen LogP contribution >= 0.6 is 0 Å². The van der Waals surface area contributed by atoms with Crippen molar-refractivity contribution >= 4 is 23.4 Å². The molecule has 3 aliphatic heterocycles. The van der Waals surface area contributed by atoms with Crippen molar-refractivity contribution in [3.63, 3.8) is 0 Å². The predicted octanol–water partition coefficient (Wildman–Crippen LogP) is 3.29. The van der Waals surface area contributed by atoms with Crippen LogP contribution in [0.15, 0.2) is 42.0 Å². The van der Waals surface area contributed by atoms with E-state index in [0.717, 1.165) is 54.2 Å². The van der Waals surface area contributed by atoms with E-state index in [2.05, 4.69) is 53.2 Å². The number of amides is 1. The van der Waals surface area contributed by atoms with Crippen LogP contribution in [-0.2, 0) is 0 Å². The Labute approximate surface area is 177 Å². The number of para-hydroxylation sites is 1. The van der Waals surface area contributed by atoms with Crippen molar-refractivity contribution in [2.45, 2.75) is 32.5 Å². The fourth-order valence-corrected chi connectivity index (χ4v) is 4.85. The number of carbonyl (C=O) groups excluding carboxylic acids is 1. The third-order valence-electron chi connectivity index (χ3n) is 6.47. The second kappa shape index (κ2) is 7.36. The second-order valence-electron chi connectivity index (χ2n) is 8.11. The molecule has 6 heteroatoms. The van der Waals surface area contributed by atoms with Gasteiger partial charge in [0.15, 0.2) is 0 Å². The van der Waals surface area contributed by atoms with Crippen LogP contribution in [-0.4, -0.2) is 38.3 Å². The van der Waals surface area contributed by atoms with Gasteiger partial charge in [0.2, 0.25) is 0 Å². The molecule has 0 saturated heterocycles. The first-order valence-electron chi connectivity index (χ1n) is 10.8. The summed E-state index contributed by atoms with van der Waals surface area (Å²) in [5.41, 5.74) is 12.4. The highest BCUT2D eigenvalue weighted by Gasteiger charge is 2.38. The normalized spacial score (nSPS) is 21.8. The van der Waals surface area contributed by atoms with E-state index in [0.29, 0.717) is 12.2 Å². The van der Waals surface area contributed by atoms with E-state index < -0.39 is 0 Å². The Bertz CT molecular complexity index is 1030. The summed E-state index contributed by atoms with van der Waals surface area (Å²) in [5, 5.41) is 3.19. The molecule has 0 saturated carbocycles. The summed E-state index contributed by atoms with van der Waals surface area (Å²) in [6, 6.07) is 12.2. The minimum absolute atomic E-state index is 0.0291. The molecule has 0 bridgehead atoms. The van der Waals surface area contributed by atoms with E-state index in [1.807, 2.05) is 18.2 Å². The first kappa shape index (κ1) is 19.0. The Kier molecular flexibility index (Phi) is 4.66. The van der Waals surface area contributed by atoms with E-state index in [1.165, 1.54) is 5.69 Å². The minimum Gasteiger partial charge on any atom is -0.488 e. The first-order valence-corrected chi connectivity index (χ1v) is 10.8. The Balaban J connectivity index is 1.50. The van der Waals surface area contributed by atoms with Crippen LogP contribution in [0.2, 0.25) is 0 Å². The van der Waals surface area contributed by atoms with Gasteiger partial charge in [-0.2, -0.15) is 0 Å². The lowest BCUT2D eigenvalue weighted by atomic mass is 9.90. The lowest BCUT2D eigenvalue weighted by molar-refractivity contribution is 0.0930. The Morgan fingerprint density at radius 2 is 2.07 bits per heavy atom. The van der Waals surface area contributed by atoms with Gasteiger partial charge in [0.1, 0.15) is 18.5 Å². The van der Waals surface area contributed by atoms with Gasteiger partial charge in [0, 0.05) is 48.6 Å². The van der Waals surface area contributed by atoms with Crippen LogP contribution in [0.1, 0.15) is 47.8 Å². The van der Waals surface area contributed by atoms with Gasteiger partial charge in [-0.1, -0.05) is 12.1 Å². The average molecular weight is 405 g/mol. The molecule has 1 amide bonds. The molecule has 3 N–H and O–H groups in total. The van der Waals surface area contributed by atoms with Crippen LogP contribution in [0.25, 0.3) is 6.08 Å². The van der Waals surface area contributed by atoms with Crippen LogP contribution in [0, 0.1) is 0 Å². The maximum atomic E-state index is 12.9. The summed E-state index contributed by atoms with van der Waals surface area (Å²) in [7, 11) is 0. The van der Waals surface area contributed by atoms with Crippen LogP contribution in [0.3, 0.4) is 0 Å². The van der Waals surface area contributed by atoms with E-state index in [4.69, 9.17) is 10.5 Å². The third kappa shape index (κ3) is 2.94. The van der Waals surface area contributed by atoms with Gasteiger partial charge in [0.05, 0.1) is 11.3 Å². The van der Waals surface area contributed by atoms with Crippen LogP contribution in [0.4, 0.5) is 11.4 Å². The van der Waals surface area contributed by atoms with Gasteiger partial charge in [0.25, 0.3) is 5.91 Å². The van der Waals surface area contributed by atoms with E-state index >= 15 is 0 Å². The maximum Gasteiger partial charge on any atom is 0.255 e. The largest absolute Gasteiger partial charge is 0.488 e. The smallest absolute Gasteiger partial charge is 0.255 e. The number of hydrogen-bond acceptors (Lipinski definition) is 5. The molecule has 6 nitrogen and oxygen atoms in total. The number of rotatable bonds is 4. The number of benzene rings is 2. The van der Waals surface area contributed by atoms with Crippen molar-refractivity contribution in [1.29, 1.82) is 0 Å². The average Bonchev–Trinajstić information content (AvgIpc) is 2.78. The van der Waals surface area contributed by atoms with Gasteiger partial charge in [-0.3, -0.25) is 4.79 Å². The molecule has 156 valence electrons. The highest BCUT2D eigenvalue weighted by atomic mass is 16.5.